The topological polar surface area (TPSA) is 37.3 Å². The first-order chi connectivity index (χ1) is 9.93. The van der Waals surface area contributed by atoms with E-state index in [-0.39, 0.29) is 5.78 Å². The second kappa shape index (κ2) is 5.96. The number of aryl methyl sites for hydroxylation is 3. The SMILES string of the molecule is CC(=O)/C(=C/O)c1cc(-c2ccc(C)c(C)c2)ccc1C. The van der Waals surface area contributed by atoms with Crippen molar-refractivity contribution in [2.24, 2.45) is 0 Å². The number of ketones is 1. The highest BCUT2D eigenvalue weighted by Gasteiger charge is 2.12. The van der Waals surface area contributed by atoms with E-state index in [2.05, 4.69) is 32.0 Å². The molecule has 0 radical (unpaired) electrons. The summed E-state index contributed by atoms with van der Waals surface area (Å²) in [4.78, 5) is 11.6. The smallest absolute Gasteiger partial charge is 0.163 e. The van der Waals surface area contributed by atoms with Crippen molar-refractivity contribution in [2.75, 3.05) is 0 Å². The molecule has 0 aliphatic heterocycles. The molecule has 0 heterocycles. The summed E-state index contributed by atoms with van der Waals surface area (Å²) in [7, 11) is 0. The van der Waals surface area contributed by atoms with Gasteiger partial charge in [-0.05, 0) is 67.1 Å². The standard InChI is InChI=1S/C19H20O2/c1-12-5-7-16(9-14(12)3)17-8-6-13(2)18(10-17)19(11-20)15(4)21/h5-11,20H,1-4H3/b19-11-. The molecule has 2 rings (SSSR count). The van der Waals surface area contributed by atoms with Gasteiger partial charge in [-0.25, -0.2) is 0 Å². The van der Waals surface area contributed by atoms with E-state index >= 15 is 0 Å². The van der Waals surface area contributed by atoms with Gasteiger partial charge in [0, 0.05) is 0 Å². The Labute approximate surface area is 125 Å². The molecule has 0 unspecified atom stereocenters. The van der Waals surface area contributed by atoms with Crippen molar-refractivity contribution in [1.82, 2.24) is 0 Å². The third-order valence-corrected chi connectivity index (χ3v) is 3.88. The Morgan fingerprint density at radius 2 is 1.48 bits per heavy atom. The Hall–Kier alpha value is -2.35. The first-order valence-electron chi connectivity index (χ1n) is 6.98. The lowest BCUT2D eigenvalue weighted by atomic mass is 9.93. The maximum atomic E-state index is 11.6. The van der Waals surface area contributed by atoms with Gasteiger partial charge in [-0.3, -0.25) is 4.79 Å². The average Bonchev–Trinajstić information content (AvgIpc) is 2.44. The molecule has 0 aliphatic rings. The lowest BCUT2D eigenvalue weighted by Crippen LogP contribution is -1.99. The molecule has 2 nitrogen and oxygen atoms in total. The molecule has 21 heavy (non-hydrogen) atoms. The van der Waals surface area contributed by atoms with Gasteiger partial charge in [-0.2, -0.15) is 0 Å². The van der Waals surface area contributed by atoms with E-state index < -0.39 is 0 Å². The summed E-state index contributed by atoms with van der Waals surface area (Å²) < 4.78 is 0. The molecule has 0 fully saturated rings. The van der Waals surface area contributed by atoms with Crippen LogP contribution in [0.3, 0.4) is 0 Å². The predicted octanol–water partition coefficient (Wildman–Crippen LogP) is 4.77. The minimum absolute atomic E-state index is 0.141. The molecule has 0 saturated heterocycles. The van der Waals surface area contributed by atoms with E-state index in [0.717, 1.165) is 28.5 Å². The summed E-state index contributed by atoms with van der Waals surface area (Å²) in [6.07, 6.45) is 0.898. The highest BCUT2D eigenvalue weighted by Crippen LogP contribution is 2.28. The molecule has 0 amide bonds. The van der Waals surface area contributed by atoms with E-state index in [0.29, 0.717) is 5.57 Å². The number of carbonyl (C=O) groups excluding carboxylic acids is 1. The number of benzene rings is 2. The third kappa shape index (κ3) is 3.05. The number of aliphatic hydroxyl groups excluding tert-OH is 1. The predicted molar refractivity (Wildman–Crippen MR) is 87.4 cm³/mol. The molecule has 2 aromatic carbocycles. The molecule has 0 bridgehead atoms. The van der Waals surface area contributed by atoms with Crippen LogP contribution in [0.5, 0.6) is 0 Å². The molecule has 1 N–H and O–H groups in total. The van der Waals surface area contributed by atoms with Crippen LogP contribution in [-0.2, 0) is 4.79 Å². The van der Waals surface area contributed by atoms with Crippen molar-refractivity contribution in [1.29, 1.82) is 0 Å². The van der Waals surface area contributed by atoms with Crippen molar-refractivity contribution < 1.29 is 9.90 Å². The van der Waals surface area contributed by atoms with Crippen LogP contribution in [0.4, 0.5) is 0 Å². The maximum absolute atomic E-state index is 11.6. The Kier molecular flexibility index (Phi) is 4.27. The van der Waals surface area contributed by atoms with Crippen LogP contribution < -0.4 is 0 Å². The first kappa shape index (κ1) is 15.0. The van der Waals surface area contributed by atoms with Gasteiger partial charge >= 0.3 is 0 Å². The molecule has 2 aromatic rings. The normalized spacial score (nSPS) is 11.5. The monoisotopic (exact) mass is 280 g/mol. The zero-order valence-electron chi connectivity index (χ0n) is 12.9. The summed E-state index contributed by atoms with van der Waals surface area (Å²) in [6.45, 7) is 7.57. The van der Waals surface area contributed by atoms with E-state index in [9.17, 15) is 9.90 Å². The van der Waals surface area contributed by atoms with Crippen LogP contribution in [0.25, 0.3) is 16.7 Å². The fourth-order valence-electron chi connectivity index (χ4n) is 2.36. The minimum atomic E-state index is -0.141. The van der Waals surface area contributed by atoms with Crippen molar-refractivity contribution in [3.05, 3.63) is 64.9 Å². The highest BCUT2D eigenvalue weighted by molar-refractivity contribution is 6.19. The van der Waals surface area contributed by atoms with E-state index in [1.807, 2.05) is 25.1 Å². The highest BCUT2D eigenvalue weighted by atomic mass is 16.2. The number of carbonyl (C=O) groups is 1. The zero-order chi connectivity index (χ0) is 15.6. The number of allylic oxidation sites excluding steroid dienone is 1. The molecule has 0 spiro atoms. The second-order valence-corrected chi connectivity index (χ2v) is 5.43. The van der Waals surface area contributed by atoms with Gasteiger partial charge in [0.05, 0.1) is 11.8 Å². The molecular weight excluding hydrogens is 260 g/mol. The van der Waals surface area contributed by atoms with Crippen molar-refractivity contribution in [3.8, 4) is 11.1 Å². The van der Waals surface area contributed by atoms with Gasteiger partial charge in [0.1, 0.15) is 0 Å². The summed E-state index contributed by atoms with van der Waals surface area (Å²) in [5.41, 5.74) is 6.74. The zero-order valence-corrected chi connectivity index (χ0v) is 12.9. The van der Waals surface area contributed by atoms with Gasteiger partial charge in [0.25, 0.3) is 0 Å². The molecule has 0 aromatic heterocycles. The van der Waals surface area contributed by atoms with Gasteiger partial charge in [0.15, 0.2) is 5.78 Å². The maximum Gasteiger partial charge on any atom is 0.163 e. The Balaban J connectivity index is 2.57. The average molecular weight is 280 g/mol. The molecule has 0 saturated carbocycles. The van der Waals surface area contributed by atoms with Crippen molar-refractivity contribution >= 4 is 11.4 Å². The van der Waals surface area contributed by atoms with Crippen LogP contribution in [0.15, 0.2) is 42.7 Å². The second-order valence-electron chi connectivity index (χ2n) is 5.43. The lowest BCUT2D eigenvalue weighted by Gasteiger charge is -2.11. The van der Waals surface area contributed by atoms with Crippen LogP contribution in [0.1, 0.15) is 29.2 Å². The number of hydrogen-bond acceptors (Lipinski definition) is 2. The Morgan fingerprint density at radius 1 is 0.905 bits per heavy atom. The third-order valence-electron chi connectivity index (χ3n) is 3.88. The fraction of sp³-hybridized carbons (Fsp3) is 0.211. The molecular formula is C19H20O2. The quantitative estimate of drug-likeness (QED) is 0.649. The summed E-state index contributed by atoms with van der Waals surface area (Å²) in [5, 5.41) is 9.33. The van der Waals surface area contributed by atoms with Gasteiger partial charge in [-0.15, -0.1) is 0 Å². The van der Waals surface area contributed by atoms with E-state index in [1.165, 1.54) is 18.1 Å². The largest absolute Gasteiger partial charge is 0.515 e. The van der Waals surface area contributed by atoms with Crippen LogP contribution in [0.2, 0.25) is 0 Å². The number of rotatable bonds is 3. The summed E-state index contributed by atoms with van der Waals surface area (Å²) in [6, 6.07) is 12.3. The van der Waals surface area contributed by atoms with Gasteiger partial charge < -0.3 is 5.11 Å². The van der Waals surface area contributed by atoms with Crippen LogP contribution in [0, 0.1) is 20.8 Å². The summed E-state index contributed by atoms with van der Waals surface area (Å²) >= 11 is 0. The van der Waals surface area contributed by atoms with Crippen molar-refractivity contribution in [2.45, 2.75) is 27.7 Å². The van der Waals surface area contributed by atoms with E-state index in [1.54, 1.807) is 0 Å². The van der Waals surface area contributed by atoms with E-state index in [4.69, 9.17) is 0 Å². The lowest BCUT2D eigenvalue weighted by molar-refractivity contribution is -0.111. The molecule has 108 valence electrons. The number of Topliss-reactive ketones (excluding diaryl/α,β-unsaturated/α-hetero) is 1. The van der Waals surface area contributed by atoms with Gasteiger partial charge in [0.2, 0.25) is 0 Å². The molecule has 0 aliphatic carbocycles. The Morgan fingerprint density at radius 3 is 2.00 bits per heavy atom. The summed E-state index contributed by atoms with van der Waals surface area (Å²) in [5.74, 6) is -0.141. The molecule has 0 atom stereocenters. The number of hydrogen-bond donors (Lipinski definition) is 1. The Bertz CT molecular complexity index is 724. The first-order valence-corrected chi connectivity index (χ1v) is 6.98. The fourth-order valence-corrected chi connectivity index (χ4v) is 2.36. The van der Waals surface area contributed by atoms with Crippen molar-refractivity contribution in [3.63, 3.8) is 0 Å². The van der Waals surface area contributed by atoms with Gasteiger partial charge in [-0.1, -0.05) is 30.3 Å². The van der Waals surface area contributed by atoms with Crippen LogP contribution in [-0.4, -0.2) is 10.9 Å². The van der Waals surface area contributed by atoms with Crippen LogP contribution >= 0.6 is 0 Å². The minimum Gasteiger partial charge on any atom is -0.515 e. The molecule has 2 heteroatoms. The number of aliphatic hydroxyl groups is 1.